The third-order valence-corrected chi connectivity index (χ3v) is 2.17. The van der Waals surface area contributed by atoms with Gasteiger partial charge in [0.1, 0.15) is 0 Å². The van der Waals surface area contributed by atoms with Crippen LogP contribution in [-0.2, 0) is 4.74 Å². The van der Waals surface area contributed by atoms with Crippen molar-refractivity contribution >= 4 is 0 Å². The molecule has 0 unspecified atom stereocenters. The maximum Gasteiger partial charge on any atom is 0.0608 e. The molecule has 4 nitrogen and oxygen atoms in total. The lowest BCUT2D eigenvalue weighted by molar-refractivity contribution is -0.103. The Labute approximate surface area is 67.0 Å². The first kappa shape index (κ1) is 7.49. The van der Waals surface area contributed by atoms with Crippen LogP contribution in [-0.4, -0.2) is 49.5 Å². The molecule has 0 aromatic carbocycles. The summed E-state index contributed by atoms with van der Waals surface area (Å²) in [5.41, 5.74) is 3.33. The van der Waals surface area contributed by atoms with E-state index in [9.17, 15) is 0 Å². The molecule has 2 rings (SSSR count). The summed E-state index contributed by atoms with van der Waals surface area (Å²) in [4.78, 5) is 0. The summed E-state index contributed by atoms with van der Waals surface area (Å²) < 4.78 is 5.26. The SMILES string of the molecule is C1CNN(N2CCOCC2)C1. The van der Waals surface area contributed by atoms with Gasteiger partial charge < -0.3 is 4.74 Å². The van der Waals surface area contributed by atoms with Crippen molar-refractivity contribution in [1.29, 1.82) is 0 Å². The molecule has 64 valence electrons. The normalized spacial score (nSPS) is 29.5. The van der Waals surface area contributed by atoms with Crippen LogP contribution in [0.25, 0.3) is 0 Å². The van der Waals surface area contributed by atoms with Gasteiger partial charge >= 0.3 is 0 Å². The summed E-state index contributed by atoms with van der Waals surface area (Å²) >= 11 is 0. The molecule has 2 aliphatic rings. The molecule has 0 radical (unpaired) electrons. The second-order valence-corrected chi connectivity index (χ2v) is 2.95. The lowest BCUT2D eigenvalue weighted by atomic mass is 10.5. The van der Waals surface area contributed by atoms with E-state index in [2.05, 4.69) is 15.6 Å². The van der Waals surface area contributed by atoms with E-state index >= 15 is 0 Å². The Kier molecular flexibility index (Phi) is 2.38. The van der Waals surface area contributed by atoms with Crippen LogP contribution in [0, 0.1) is 0 Å². The summed E-state index contributed by atoms with van der Waals surface area (Å²) in [6.45, 7) is 6.09. The van der Waals surface area contributed by atoms with Crippen LogP contribution in [0.15, 0.2) is 0 Å². The van der Waals surface area contributed by atoms with E-state index in [1.807, 2.05) is 0 Å². The van der Waals surface area contributed by atoms with Crippen molar-refractivity contribution in [3.8, 4) is 0 Å². The zero-order valence-corrected chi connectivity index (χ0v) is 6.75. The quantitative estimate of drug-likeness (QED) is 0.552. The molecule has 0 atom stereocenters. The van der Waals surface area contributed by atoms with Crippen molar-refractivity contribution in [3.05, 3.63) is 0 Å². The highest BCUT2D eigenvalue weighted by Gasteiger charge is 2.20. The van der Waals surface area contributed by atoms with Crippen molar-refractivity contribution in [1.82, 2.24) is 15.6 Å². The number of hydrogen-bond acceptors (Lipinski definition) is 4. The Morgan fingerprint density at radius 2 is 1.91 bits per heavy atom. The molecule has 2 heterocycles. The second kappa shape index (κ2) is 3.49. The molecule has 0 aliphatic carbocycles. The number of nitrogens with zero attached hydrogens (tertiary/aromatic N) is 2. The number of hydrazine groups is 2. The van der Waals surface area contributed by atoms with E-state index in [0.29, 0.717) is 0 Å². The highest BCUT2D eigenvalue weighted by molar-refractivity contribution is 4.63. The fourth-order valence-electron chi connectivity index (χ4n) is 1.55. The Balaban J connectivity index is 1.82. The van der Waals surface area contributed by atoms with Crippen LogP contribution < -0.4 is 5.43 Å². The van der Waals surface area contributed by atoms with Gasteiger partial charge in [0.2, 0.25) is 0 Å². The monoisotopic (exact) mass is 157 g/mol. The van der Waals surface area contributed by atoms with Crippen LogP contribution in [0.3, 0.4) is 0 Å². The molecule has 0 aromatic heterocycles. The van der Waals surface area contributed by atoms with Gasteiger partial charge in [-0.3, -0.25) is 0 Å². The second-order valence-electron chi connectivity index (χ2n) is 2.95. The molecule has 0 spiro atoms. The maximum absolute atomic E-state index is 5.26. The van der Waals surface area contributed by atoms with Crippen molar-refractivity contribution < 1.29 is 4.74 Å². The van der Waals surface area contributed by atoms with E-state index in [-0.39, 0.29) is 0 Å². The number of rotatable bonds is 1. The summed E-state index contributed by atoms with van der Waals surface area (Å²) in [5.74, 6) is 0. The number of nitrogens with one attached hydrogen (secondary N) is 1. The van der Waals surface area contributed by atoms with E-state index in [1.54, 1.807) is 0 Å². The van der Waals surface area contributed by atoms with Crippen LogP contribution in [0.1, 0.15) is 6.42 Å². The predicted octanol–water partition coefficient (Wildman–Crippen LogP) is -0.556. The first-order valence-corrected chi connectivity index (χ1v) is 4.30. The van der Waals surface area contributed by atoms with Crippen molar-refractivity contribution in [2.24, 2.45) is 0 Å². The van der Waals surface area contributed by atoms with Gasteiger partial charge in [0, 0.05) is 26.2 Å². The van der Waals surface area contributed by atoms with Gasteiger partial charge in [0.15, 0.2) is 0 Å². The minimum atomic E-state index is 0.873. The molecule has 0 bridgehead atoms. The van der Waals surface area contributed by atoms with Gasteiger partial charge in [-0.1, -0.05) is 0 Å². The van der Waals surface area contributed by atoms with Crippen LogP contribution in [0.2, 0.25) is 0 Å². The number of ether oxygens (including phenoxy) is 1. The molecule has 0 saturated carbocycles. The number of morpholine rings is 1. The average Bonchev–Trinajstić information content (AvgIpc) is 2.58. The van der Waals surface area contributed by atoms with Crippen molar-refractivity contribution in [3.63, 3.8) is 0 Å². The Hall–Kier alpha value is -0.160. The molecule has 2 fully saturated rings. The summed E-state index contributed by atoms with van der Waals surface area (Å²) in [7, 11) is 0. The summed E-state index contributed by atoms with van der Waals surface area (Å²) in [6, 6.07) is 0. The predicted molar refractivity (Wildman–Crippen MR) is 41.7 cm³/mol. The Morgan fingerprint density at radius 1 is 1.09 bits per heavy atom. The largest absolute Gasteiger partial charge is 0.379 e. The molecule has 1 N–H and O–H groups in total. The third kappa shape index (κ3) is 1.70. The maximum atomic E-state index is 5.26. The van der Waals surface area contributed by atoms with E-state index in [0.717, 1.165) is 39.4 Å². The van der Waals surface area contributed by atoms with E-state index in [1.165, 1.54) is 6.42 Å². The van der Waals surface area contributed by atoms with Crippen molar-refractivity contribution in [2.75, 3.05) is 39.4 Å². The first-order valence-electron chi connectivity index (χ1n) is 4.30. The van der Waals surface area contributed by atoms with Gasteiger partial charge in [-0.25, -0.2) is 10.4 Å². The van der Waals surface area contributed by atoms with Gasteiger partial charge in [0.05, 0.1) is 13.2 Å². The molecule has 4 heteroatoms. The average molecular weight is 157 g/mol. The molecular weight excluding hydrogens is 142 g/mol. The fourth-order valence-corrected chi connectivity index (χ4v) is 1.55. The number of hydrogen-bond donors (Lipinski definition) is 1. The zero-order chi connectivity index (χ0) is 7.52. The van der Waals surface area contributed by atoms with Crippen LogP contribution >= 0.6 is 0 Å². The van der Waals surface area contributed by atoms with E-state index < -0.39 is 0 Å². The minimum Gasteiger partial charge on any atom is -0.379 e. The van der Waals surface area contributed by atoms with Crippen LogP contribution in [0.5, 0.6) is 0 Å². The molecule has 0 aromatic rings. The standard InChI is InChI=1S/C7H15N3O/c1-2-8-10(3-1)9-4-6-11-7-5-9/h8H,1-7H2. The third-order valence-electron chi connectivity index (χ3n) is 2.17. The Bertz CT molecular complexity index is 119. The molecule has 2 saturated heterocycles. The summed E-state index contributed by atoms with van der Waals surface area (Å²) in [6.07, 6.45) is 1.26. The minimum absolute atomic E-state index is 0.873. The van der Waals surface area contributed by atoms with Crippen LogP contribution in [0.4, 0.5) is 0 Å². The first-order chi connectivity index (χ1) is 5.47. The molecular formula is C7H15N3O. The zero-order valence-electron chi connectivity index (χ0n) is 6.75. The van der Waals surface area contributed by atoms with Crippen molar-refractivity contribution in [2.45, 2.75) is 6.42 Å². The molecule has 2 aliphatic heterocycles. The lowest BCUT2D eigenvalue weighted by Crippen LogP contribution is -2.51. The highest BCUT2D eigenvalue weighted by Crippen LogP contribution is 2.04. The molecule has 11 heavy (non-hydrogen) atoms. The van der Waals surface area contributed by atoms with Gasteiger partial charge in [-0.05, 0) is 6.42 Å². The smallest absolute Gasteiger partial charge is 0.0608 e. The lowest BCUT2D eigenvalue weighted by Gasteiger charge is -2.33. The highest BCUT2D eigenvalue weighted by atomic mass is 16.5. The summed E-state index contributed by atoms with van der Waals surface area (Å²) in [5, 5.41) is 4.55. The topological polar surface area (TPSA) is 27.7 Å². The van der Waals surface area contributed by atoms with Gasteiger partial charge in [0.25, 0.3) is 0 Å². The van der Waals surface area contributed by atoms with Gasteiger partial charge in [-0.15, -0.1) is 0 Å². The molecule has 0 amide bonds. The van der Waals surface area contributed by atoms with Gasteiger partial charge in [-0.2, -0.15) is 5.12 Å². The Morgan fingerprint density at radius 3 is 2.55 bits per heavy atom. The van der Waals surface area contributed by atoms with E-state index in [4.69, 9.17) is 4.74 Å². The fraction of sp³-hybridized carbons (Fsp3) is 1.00.